The van der Waals surface area contributed by atoms with E-state index in [0.717, 1.165) is 43.1 Å². The third kappa shape index (κ3) is 3.76. The highest BCUT2D eigenvalue weighted by atomic mass is 19.1. The number of ether oxygens (including phenoxy) is 1. The van der Waals surface area contributed by atoms with Crippen LogP contribution >= 0.6 is 0 Å². The molecule has 0 saturated carbocycles. The number of hydrogen-bond donors (Lipinski definition) is 0. The van der Waals surface area contributed by atoms with Crippen LogP contribution < -0.4 is 0 Å². The summed E-state index contributed by atoms with van der Waals surface area (Å²) in [4.78, 5) is 5.20. The van der Waals surface area contributed by atoms with Crippen LogP contribution in [0.2, 0.25) is 0 Å². The van der Waals surface area contributed by atoms with E-state index in [4.69, 9.17) is 4.74 Å². The van der Waals surface area contributed by atoms with Gasteiger partial charge in [-0.3, -0.25) is 4.90 Å². The van der Waals surface area contributed by atoms with Gasteiger partial charge < -0.3 is 9.64 Å². The van der Waals surface area contributed by atoms with Crippen molar-refractivity contribution in [1.29, 1.82) is 0 Å². The van der Waals surface area contributed by atoms with Crippen molar-refractivity contribution in [2.45, 2.75) is 19.4 Å². The van der Waals surface area contributed by atoms with Gasteiger partial charge in [-0.25, -0.2) is 4.39 Å². The molecule has 0 aliphatic carbocycles. The molecule has 3 fully saturated rings. The maximum absolute atomic E-state index is 13.3. The zero-order chi connectivity index (χ0) is 15.6. The largest absolute Gasteiger partial charge is 0.381 e. The van der Waals surface area contributed by atoms with Crippen LogP contribution in [0.1, 0.15) is 18.4 Å². The molecule has 4 heteroatoms. The summed E-state index contributed by atoms with van der Waals surface area (Å²) in [6, 6.07) is 7.05. The average Bonchev–Trinajstić information content (AvgIpc) is 3.06. The Morgan fingerprint density at radius 1 is 1.00 bits per heavy atom. The molecule has 23 heavy (non-hydrogen) atoms. The Balaban J connectivity index is 1.26. The first kappa shape index (κ1) is 15.6. The van der Waals surface area contributed by atoms with E-state index in [2.05, 4.69) is 9.80 Å². The minimum atomic E-state index is -0.121. The molecular weight excluding hydrogens is 291 g/mol. The zero-order valence-corrected chi connectivity index (χ0v) is 13.8. The van der Waals surface area contributed by atoms with Gasteiger partial charge in [0.25, 0.3) is 0 Å². The predicted molar refractivity (Wildman–Crippen MR) is 88.6 cm³/mol. The smallest absolute Gasteiger partial charge is 0.123 e. The highest BCUT2D eigenvalue weighted by molar-refractivity contribution is 5.16. The van der Waals surface area contributed by atoms with Crippen molar-refractivity contribution in [2.24, 2.45) is 17.8 Å². The molecule has 0 N–H and O–H groups in total. The van der Waals surface area contributed by atoms with Crippen LogP contribution in [0.3, 0.4) is 0 Å². The SMILES string of the molecule is Fc1cccc(CN2C[C@H]3CN(CC4CCOCC4)C[C@@H]3C2)c1. The molecule has 0 radical (unpaired) electrons. The molecule has 3 aliphatic heterocycles. The van der Waals surface area contributed by atoms with E-state index in [1.54, 1.807) is 6.07 Å². The van der Waals surface area contributed by atoms with Crippen molar-refractivity contribution in [2.75, 3.05) is 45.9 Å². The summed E-state index contributed by atoms with van der Waals surface area (Å²) in [6.07, 6.45) is 2.47. The molecule has 126 valence electrons. The summed E-state index contributed by atoms with van der Waals surface area (Å²) in [7, 11) is 0. The number of rotatable bonds is 4. The van der Waals surface area contributed by atoms with Gasteiger partial charge in [0.05, 0.1) is 0 Å². The molecule has 0 spiro atoms. The molecule has 0 amide bonds. The highest BCUT2D eigenvalue weighted by Crippen LogP contribution is 2.33. The van der Waals surface area contributed by atoms with Crippen LogP contribution in [0.4, 0.5) is 4.39 Å². The monoisotopic (exact) mass is 318 g/mol. The van der Waals surface area contributed by atoms with Crippen LogP contribution in [0.25, 0.3) is 0 Å². The highest BCUT2D eigenvalue weighted by Gasteiger charge is 2.40. The van der Waals surface area contributed by atoms with Gasteiger partial charge in [-0.2, -0.15) is 0 Å². The van der Waals surface area contributed by atoms with Gasteiger partial charge in [-0.1, -0.05) is 12.1 Å². The Kier molecular flexibility index (Phi) is 4.65. The van der Waals surface area contributed by atoms with Crippen LogP contribution in [0.5, 0.6) is 0 Å². The number of benzene rings is 1. The van der Waals surface area contributed by atoms with Crippen molar-refractivity contribution >= 4 is 0 Å². The second-order valence-electron chi connectivity index (χ2n) is 7.62. The first-order valence-corrected chi connectivity index (χ1v) is 9.03. The van der Waals surface area contributed by atoms with Gasteiger partial charge in [-0.05, 0) is 48.3 Å². The molecule has 0 unspecified atom stereocenters. The Morgan fingerprint density at radius 2 is 1.70 bits per heavy atom. The van der Waals surface area contributed by atoms with E-state index >= 15 is 0 Å². The molecule has 3 nitrogen and oxygen atoms in total. The third-order valence-corrected chi connectivity index (χ3v) is 5.79. The minimum Gasteiger partial charge on any atom is -0.381 e. The van der Waals surface area contributed by atoms with Crippen LogP contribution in [-0.4, -0.2) is 55.7 Å². The summed E-state index contributed by atoms with van der Waals surface area (Å²) in [6.45, 7) is 8.91. The number of hydrogen-bond acceptors (Lipinski definition) is 3. The van der Waals surface area contributed by atoms with Gasteiger partial charge in [-0.15, -0.1) is 0 Å². The van der Waals surface area contributed by atoms with Crippen molar-refractivity contribution in [3.8, 4) is 0 Å². The summed E-state index contributed by atoms with van der Waals surface area (Å²) in [5.74, 6) is 2.34. The second kappa shape index (κ2) is 6.88. The molecule has 3 aliphatic rings. The molecular formula is C19H27FN2O. The van der Waals surface area contributed by atoms with Crippen LogP contribution in [0.15, 0.2) is 24.3 Å². The lowest BCUT2D eigenvalue weighted by Gasteiger charge is -2.28. The second-order valence-corrected chi connectivity index (χ2v) is 7.62. The van der Waals surface area contributed by atoms with Gasteiger partial charge in [0, 0.05) is 52.5 Å². The molecule has 2 atom stereocenters. The molecule has 0 aromatic heterocycles. The number of likely N-dealkylation sites (tertiary alicyclic amines) is 2. The van der Waals surface area contributed by atoms with E-state index in [0.29, 0.717) is 0 Å². The number of nitrogens with zero attached hydrogens (tertiary/aromatic N) is 2. The Morgan fingerprint density at radius 3 is 2.39 bits per heavy atom. The van der Waals surface area contributed by atoms with E-state index in [1.807, 2.05) is 12.1 Å². The molecule has 3 heterocycles. The molecule has 3 saturated heterocycles. The summed E-state index contributed by atoms with van der Waals surface area (Å²) in [5, 5.41) is 0. The van der Waals surface area contributed by atoms with Crippen LogP contribution in [0, 0.1) is 23.6 Å². The maximum Gasteiger partial charge on any atom is 0.123 e. The van der Waals surface area contributed by atoms with Crippen LogP contribution in [-0.2, 0) is 11.3 Å². The van der Waals surface area contributed by atoms with Crippen molar-refractivity contribution < 1.29 is 9.13 Å². The lowest BCUT2D eigenvalue weighted by atomic mass is 10.00. The van der Waals surface area contributed by atoms with Crippen molar-refractivity contribution in [3.05, 3.63) is 35.6 Å². The zero-order valence-electron chi connectivity index (χ0n) is 13.8. The van der Waals surface area contributed by atoms with E-state index in [9.17, 15) is 4.39 Å². The number of halogens is 1. The topological polar surface area (TPSA) is 15.7 Å². The molecule has 1 aromatic carbocycles. The fourth-order valence-corrected chi connectivity index (χ4v) is 4.65. The Hall–Kier alpha value is -0.970. The van der Waals surface area contributed by atoms with Gasteiger partial charge in [0.15, 0.2) is 0 Å². The van der Waals surface area contributed by atoms with E-state index < -0.39 is 0 Å². The normalized spacial score (nSPS) is 30.0. The van der Waals surface area contributed by atoms with E-state index in [-0.39, 0.29) is 5.82 Å². The standard InChI is InChI=1S/C19H27FN2O/c20-19-3-1-2-16(8-19)10-22-13-17-11-21(12-18(17)14-22)9-15-4-6-23-7-5-15/h1-3,8,15,17-18H,4-7,9-14H2/t17-,18-/m1/s1. The van der Waals surface area contributed by atoms with E-state index in [1.165, 1.54) is 51.6 Å². The third-order valence-electron chi connectivity index (χ3n) is 5.79. The fourth-order valence-electron chi connectivity index (χ4n) is 4.65. The molecule has 1 aromatic rings. The lowest BCUT2D eigenvalue weighted by molar-refractivity contribution is 0.0541. The summed E-state index contributed by atoms with van der Waals surface area (Å²) < 4.78 is 18.8. The Labute approximate surface area is 138 Å². The molecule has 4 rings (SSSR count). The predicted octanol–water partition coefficient (Wildman–Crippen LogP) is 2.62. The van der Waals surface area contributed by atoms with Gasteiger partial charge >= 0.3 is 0 Å². The van der Waals surface area contributed by atoms with Crippen molar-refractivity contribution in [3.63, 3.8) is 0 Å². The average molecular weight is 318 g/mol. The van der Waals surface area contributed by atoms with Gasteiger partial charge in [0.1, 0.15) is 5.82 Å². The number of fused-ring (bicyclic) bond motifs is 1. The quantitative estimate of drug-likeness (QED) is 0.849. The Bertz CT molecular complexity index is 518. The lowest BCUT2D eigenvalue weighted by Crippen LogP contribution is -2.34. The molecule has 0 bridgehead atoms. The fraction of sp³-hybridized carbons (Fsp3) is 0.684. The maximum atomic E-state index is 13.3. The summed E-state index contributed by atoms with van der Waals surface area (Å²) in [5.41, 5.74) is 1.10. The summed E-state index contributed by atoms with van der Waals surface area (Å²) >= 11 is 0. The minimum absolute atomic E-state index is 0.121. The first-order valence-electron chi connectivity index (χ1n) is 9.03. The van der Waals surface area contributed by atoms with Crippen molar-refractivity contribution in [1.82, 2.24) is 9.80 Å². The van der Waals surface area contributed by atoms with Gasteiger partial charge in [0.2, 0.25) is 0 Å². The first-order chi connectivity index (χ1) is 11.3.